The summed E-state index contributed by atoms with van der Waals surface area (Å²) < 4.78 is 0. The minimum atomic E-state index is -0.366. The second-order valence-corrected chi connectivity index (χ2v) is 2.01. The van der Waals surface area contributed by atoms with Crippen molar-refractivity contribution in [2.24, 2.45) is 5.73 Å². The van der Waals surface area contributed by atoms with Gasteiger partial charge in [-0.25, -0.2) is 0 Å². The summed E-state index contributed by atoms with van der Waals surface area (Å²) in [6, 6.07) is 0. The molecule has 1 aliphatic rings. The third kappa shape index (κ3) is 1.16. The summed E-state index contributed by atoms with van der Waals surface area (Å²) in [5, 5.41) is 0. The normalized spacial score (nSPS) is 19.8. The van der Waals surface area contributed by atoms with E-state index < -0.39 is 0 Å². The van der Waals surface area contributed by atoms with Crippen LogP contribution in [0.25, 0.3) is 0 Å². The molecule has 0 aliphatic heterocycles. The second kappa shape index (κ2) is 2.01. The fourth-order valence-corrected chi connectivity index (χ4v) is 0.694. The SMILES string of the molecule is NC1=CCC(=O)C(=O)C1. The predicted molar refractivity (Wildman–Crippen MR) is 31.5 cm³/mol. The topological polar surface area (TPSA) is 60.2 Å². The zero-order valence-corrected chi connectivity index (χ0v) is 4.89. The summed E-state index contributed by atoms with van der Waals surface area (Å²) in [6.07, 6.45) is 1.88. The Labute approximate surface area is 52.5 Å². The standard InChI is InChI=1S/C6H7NO2/c7-4-1-2-5(8)6(9)3-4/h1H,2-3,7H2. The van der Waals surface area contributed by atoms with Gasteiger partial charge in [0.2, 0.25) is 11.6 Å². The highest BCUT2D eigenvalue weighted by molar-refractivity contribution is 6.38. The molecule has 0 spiro atoms. The van der Waals surface area contributed by atoms with Gasteiger partial charge >= 0.3 is 0 Å². The first-order valence-electron chi connectivity index (χ1n) is 2.70. The lowest BCUT2D eigenvalue weighted by molar-refractivity contribution is -0.136. The minimum Gasteiger partial charge on any atom is -0.402 e. The van der Waals surface area contributed by atoms with E-state index in [1.807, 2.05) is 0 Å². The summed E-state index contributed by atoms with van der Waals surface area (Å²) >= 11 is 0. The van der Waals surface area contributed by atoms with Gasteiger partial charge in [-0.3, -0.25) is 9.59 Å². The number of hydrogen-bond acceptors (Lipinski definition) is 3. The Morgan fingerprint density at radius 2 is 2.00 bits per heavy atom. The molecule has 0 saturated heterocycles. The van der Waals surface area contributed by atoms with Gasteiger partial charge in [0.25, 0.3) is 0 Å². The van der Waals surface area contributed by atoms with Crippen LogP contribution < -0.4 is 5.73 Å². The molecule has 48 valence electrons. The van der Waals surface area contributed by atoms with Gasteiger partial charge in [-0.05, 0) is 0 Å². The lowest BCUT2D eigenvalue weighted by atomic mass is 10.0. The average Bonchev–Trinajstić information content (AvgIpc) is 1.80. The first-order chi connectivity index (χ1) is 4.20. The lowest BCUT2D eigenvalue weighted by Crippen LogP contribution is -2.20. The molecule has 2 N–H and O–H groups in total. The Kier molecular flexibility index (Phi) is 1.34. The molecule has 3 nitrogen and oxygen atoms in total. The van der Waals surface area contributed by atoms with Crippen LogP contribution in [0, 0.1) is 0 Å². The van der Waals surface area contributed by atoms with Crippen molar-refractivity contribution in [3.05, 3.63) is 11.8 Å². The van der Waals surface area contributed by atoms with Gasteiger partial charge in [0, 0.05) is 12.1 Å². The van der Waals surface area contributed by atoms with Crippen molar-refractivity contribution >= 4 is 11.6 Å². The predicted octanol–water partition coefficient (Wildman–Crippen LogP) is -0.239. The van der Waals surface area contributed by atoms with Crippen molar-refractivity contribution in [3.8, 4) is 0 Å². The number of Topliss-reactive ketones (excluding diaryl/α,β-unsaturated/α-hetero) is 2. The Morgan fingerprint density at radius 1 is 1.33 bits per heavy atom. The number of hydrogen-bond donors (Lipinski definition) is 1. The van der Waals surface area contributed by atoms with Crippen molar-refractivity contribution in [1.82, 2.24) is 0 Å². The number of carbonyl (C=O) groups is 2. The van der Waals surface area contributed by atoms with E-state index in [1.165, 1.54) is 0 Å². The molecule has 0 aromatic heterocycles. The quantitative estimate of drug-likeness (QED) is 0.454. The summed E-state index contributed by atoms with van der Waals surface area (Å²) in [5.41, 5.74) is 5.79. The molecule has 0 unspecified atom stereocenters. The molecular weight excluding hydrogens is 118 g/mol. The maximum atomic E-state index is 10.5. The Balaban J connectivity index is 2.77. The van der Waals surface area contributed by atoms with Crippen LogP contribution in [0.1, 0.15) is 12.8 Å². The first kappa shape index (κ1) is 6.01. The average molecular weight is 125 g/mol. The number of rotatable bonds is 0. The highest BCUT2D eigenvalue weighted by atomic mass is 16.2. The van der Waals surface area contributed by atoms with Crippen LogP contribution in [-0.4, -0.2) is 11.6 Å². The smallest absolute Gasteiger partial charge is 0.204 e. The van der Waals surface area contributed by atoms with Crippen LogP contribution in [0.5, 0.6) is 0 Å². The summed E-state index contributed by atoms with van der Waals surface area (Å²) in [7, 11) is 0. The van der Waals surface area contributed by atoms with E-state index in [0.717, 1.165) is 0 Å². The van der Waals surface area contributed by atoms with E-state index in [9.17, 15) is 9.59 Å². The van der Waals surface area contributed by atoms with Crippen molar-refractivity contribution in [1.29, 1.82) is 0 Å². The van der Waals surface area contributed by atoms with E-state index in [0.29, 0.717) is 5.70 Å². The fourth-order valence-electron chi connectivity index (χ4n) is 0.694. The van der Waals surface area contributed by atoms with Gasteiger partial charge in [-0.2, -0.15) is 0 Å². The Bertz CT molecular complexity index is 193. The van der Waals surface area contributed by atoms with Gasteiger partial charge in [-0.1, -0.05) is 6.08 Å². The molecule has 0 aromatic rings. The Morgan fingerprint density at radius 3 is 2.44 bits per heavy atom. The fraction of sp³-hybridized carbons (Fsp3) is 0.333. The molecule has 0 amide bonds. The van der Waals surface area contributed by atoms with Crippen molar-refractivity contribution in [3.63, 3.8) is 0 Å². The van der Waals surface area contributed by atoms with Crippen LogP contribution in [0.4, 0.5) is 0 Å². The van der Waals surface area contributed by atoms with Gasteiger partial charge in [-0.15, -0.1) is 0 Å². The molecule has 0 bridgehead atoms. The number of allylic oxidation sites excluding steroid dienone is 2. The second-order valence-electron chi connectivity index (χ2n) is 2.01. The zero-order chi connectivity index (χ0) is 6.85. The number of ketones is 2. The van der Waals surface area contributed by atoms with E-state index in [1.54, 1.807) is 6.08 Å². The van der Waals surface area contributed by atoms with Gasteiger partial charge in [0.15, 0.2) is 0 Å². The zero-order valence-electron chi connectivity index (χ0n) is 4.89. The first-order valence-corrected chi connectivity index (χ1v) is 2.70. The van der Waals surface area contributed by atoms with Crippen LogP contribution in [-0.2, 0) is 9.59 Å². The highest BCUT2D eigenvalue weighted by Gasteiger charge is 2.17. The molecule has 0 fully saturated rings. The molecular formula is C6H7NO2. The Hall–Kier alpha value is -1.12. The molecule has 0 aromatic carbocycles. The largest absolute Gasteiger partial charge is 0.402 e. The lowest BCUT2D eigenvalue weighted by Gasteiger charge is -2.04. The molecule has 3 heteroatoms. The molecule has 0 saturated carbocycles. The van der Waals surface area contributed by atoms with Crippen LogP contribution >= 0.6 is 0 Å². The van der Waals surface area contributed by atoms with Crippen molar-refractivity contribution < 1.29 is 9.59 Å². The van der Waals surface area contributed by atoms with E-state index in [-0.39, 0.29) is 24.4 Å². The molecule has 0 radical (unpaired) electrons. The molecule has 0 atom stereocenters. The van der Waals surface area contributed by atoms with E-state index >= 15 is 0 Å². The van der Waals surface area contributed by atoms with E-state index in [4.69, 9.17) is 5.73 Å². The molecule has 9 heavy (non-hydrogen) atoms. The third-order valence-electron chi connectivity index (χ3n) is 1.23. The van der Waals surface area contributed by atoms with Crippen molar-refractivity contribution in [2.75, 3.05) is 0 Å². The molecule has 1 rings (SSSR count). The summed E-state index contributed by atoms with van der Waals surface area (Å²) in [4.78, 5) is 21.0. The van der Waals surface area contributed by atoms with Crippen molar-refractivity contribution in [2.45, 2.75) is 12.8 Å². The van der Waals surface area contributed by atoms with Gasteiger partial charge in [0.05, 0.1) is 6.42 Å². The van der Waals surface area contributed by atoms with Crippen LogP contribution in [0.2, 0.25) is 0 Å². The maximum Gasteiger partial charge on any atom is 0.204 e. The van der Waals surface area contributed by atoms with E-state index in [2.05, 4.69) is 0 Å². The summed E-state index contributed by atoms with van der Waals surface area (Å²) in [5.74, 6) is -0.695. The molecule has 1 aliphatic carbocycles. The van der Waals surface area contributed by atoms with Gasteiger partial charge < -0.3 is 5.73 Å². The molecule has 0 heterocycles. The summed E-state index contributed by atoms with van der Waals surface area (Å²) in [6.45, 7) is 0. The number of nitrogens with two attached hydrogens (primary N) is 1. The van der Waals surface area contributed by atoms with Gasteiger partial charge in [0.1, 0.15) is 0 Å². The third-order valence-corrected chi connectivity index (χ3v) is 1.23. The number of carbonyl (C=O) groups excluding carboxylic acids is 2. The monoisotopic (exact) mass is 125 g/mol. The minimum absolute atomic E-state index is 0.110. The maximum absolute atomic E-state index is 10.5. The van der Waals surface area contributed by atoms with Crippen LogP contribution in [0.3, 0.4) is 0 Å². The van der Waals surface area contributed by atoms with Crippen LogP contribution in [0.15, 0.2) is 11.8 Å². The highest BCUT2D eigenvalue weighted by Crippen LogP contribution is 2.05.